The van der Waals surface area contributed by atoms with E-state index in [2.05, 4.69) is 9.17 Å². The number of carbonyl (C=O) groups excluding carboxylic acids is 1. The van der Waals surface area contributed by atoms with Crippen molar-refractivity contribution in [2.75, 3.05) is 6.26 Å². The molecule has 1 rings (SSSR count). The van der Waals surface area contributed by atoms with Crippen LogP contribution in [0.4, 0.5) is 0 Å². The molecule has 0 aliphatic heterocycles. The molecule has 2 N–H and O–H groups in total. The number of nitrogens with zero attached hydrogens (tertiary/aromatic N) is 1. The molecule has 0 saturated heterocycles. The van der Waals surface area contributed by atoms with Crippen LogP contribution in [0.15, 0.2) is 18.3 Å². The van der Waals surface area contributed by atoms with E-state index in [1.165, 1.54) is 12.3 Å². The number of nitrogens with two attached hydrogens (primary N) is 1. The number of hydrogen-bond donors (Lipinski definition) is 1. The van der Waals surface area contributed by atoms with Crippen molar-refractivity contribution in [3.63, 3.8) is 0 Å². The summed E-state index contributed by atoms with van der Waals surface area (Å²) in [6.45, 7) is 1.71. The van der Waals surface area contributed by atoms with E-state index < -0.39 is 22.1 Å². The summed E-state index contributed by atoms with van der Waals surface area (Å²) >= 11 is 0. The molecule has 0 aliphatic rings. The fourth-order valence-electron chi connectivity index (χ4n) is 1.17. The molecule has 1 aromatic rings. The van der Waals surface area contributed by atoms with Crippen molar-refractivity contribution in [2.45, 2.75) is 13.0 Å². The summed E-state index contributed by atoms with van der Waals surface area (Å²) < 4.78 is 26.5. The van der Waals surface area contributed by atoms with Gasteiger partial charge >= 0.3 is 0 Å². The van der Waals surface area contributed by atoms with Gasteiger partial charge in [0, 0.05) is 11.9 Å². The van der Waals surface area contributed by atoms with Gasteiger partial charge in [0.15, 0.2) is 6.10 Å². The van der Waals surface area contributed by atoms with Crippen molar-refractivity contribution in [3.05, 3.63) is 29.6 Å². The van der Waals surface area contributed by atoms with E-state index in [9.17, 15) is 13.2 Å². The van der Waals surface area contributed by atoms with Crippen LogP contribution in [0.3, 0.4) is 0 Å². The zero-order valence-electron chi connectivity index (χ0n) is 8.88. The topological polar surface area (TPSA) is 99.4 Å². The molecule has 0 radical (unpaired) electrons. The molecule has 0 fully saturated rings. The standard InChI is InChI=1S/C9H12N2O4S/c1-6-5-7(3-4-11-6)8(9(10)12)15-16(2,13)14/h3-5,8H,1-2H3,(H2,10,12). The van der Waals surface area contributed by atoms with E-state index in [0.717, 1.165) is 6.26 Å². The first-order valence-corrected chi connectivity index (χ1v) is 6.21. The zero-order valence-corrected chi connectivity index (χ0v) is 9.69. The second kappa shape index (κ2) is 4.58. The molecule has 0 bridgehead atoms. The van der Waals surface area contributed by atoms with Crippen LogP contribution in [0, 0.1) is 6.92 Å². The van der Waals surface area contributed by atoms with Crippen LogP contribution < -0.4 is 5.73 Å². The van der Waals surface area contributed by atoms with E-state index in [0.29, 0.717) is 11.3 Å². The normalized spacial score (nSPS) is 13.4. The van der Waals surface area contributed by atoms with Gasteiger partial charge in [0.1, 0.15) is 0 Å². The van der Waals surface area contributed by atoms with Gasteiger partial charge in [-0.3, -0.25) is 14.0 Å². The highest BCUT2D eigenvalue weighted by molar-refractivity contribution is 7.86. The quantitative estimate of drug-likeness (QED) is 0.745. The Labute approximate surface area is 93.6 Å². The molecule has 0 spiro atoms. The Morgan fingerprint density at radius 1 is 1.56 bits per heavy atom. The molecule has 6 nitrogen and oxygen atoms in total. The first kappa shape index (κ1) is 12.6. The largest absolute Gasteiger partial charge is 0.367 e. The first-order chi connectivity index (χ1) is 7.29. The Balaban J connectivity index is 3.08. The predicted molar refractivity (Wildman–Crippen MR) is 56.8 cm³/mol. The number of pyridine rings is 1. The molecule has 88 valence electrons. The van der Waals surface area contributed by atoms with Gasteiger partial charge in [-0.1, -0.05) is 0 Å². The van der Waals surface area contributed by atoms with E-state index >= 15 is 0 Å². The van der Waals surface area contributed by atoms with E-state index in [4.69, 9.17) is 5.73 Å². The maximum Gasteiger partial charge on any atom is 0.265 e. The molecule has 1 aromatic heterocycles. The van der Waals surface area contributed by atoms with Crippen LogP contribution in [-0.2, 0) is 19.1 Å². The molecule has 1 heterocycles. The number of hydrogen-bond acceptors (Lipinski definition) is 5. The predicted octanol–water partition coefficient (Wildman–Crippen LogP) is -0.107. The Kier molecular flexibility index (Phi) is 3.61. The van der Waals surface area contributed by atoms with Crippen LogP contribution in [0.5, 0.6) is 0 Å². The summed E-state index contributed by atoms with van der Waals surface area (Å²) in [5.74, 6) is -0.865. The van der Waals surface area contributed by atoms with Crippen molar-refractivity contribution in [1.29, 1.82) is 0 Å². The van der Waals surface area contributed by atoms with Crippen LogP contribution in [0.1, 0.15) is 17.4 Å². The summed E-state index contributed by atoms with van der Waals surface area (Å²) in [4.78, 5) is 15.0. The minimum Gasteiger partial charge on any atom is -0.367 e. The third kappa shape index (κ3) is 3.59. The van der Waals surface area contributed by atoms with E-state index in [-0.39, 0.29) is 0 Å². The highest BCUT2D eigenvalue weighted by Gasteiger charge is 2.23. The molecule has 1 atom stereocenters. The van der Waals surface area contributed by atoms with Crippen molar-refractivity contribution < 1.29 is 17.4 Å². The lowest BCUT2D eigenvalue weighted by atomic mass is 10.1. The highest BCUT2D eigenvalue weighted by atomic mass is 32.2. The Morgan fingerprint density at radius 3 is 2.62 bits per heavy atom. The van der Waals surface area contributed by atoms with Crippen LogP contribution >= 0.6 is 0 Å². The number of aromatic nitrogens is 1. The molecular weight excluding hydrogens is 232 g/mol. The van der Waals surface area contributed by atoms with Gasteiger partial charge in [0.25, 0.3) is 16.0 Å². The minimum absolute atomic E-state index is 0.366. The summed E-state index contributed by atoms with van der Waals surface area (Å²) in [7, 11) is -3.75. The lowest BCUT2D eigenvalue weighted by molar-refractivity contribution is -0.124. The smallest absolute Gasteiger partial charge is 0.265 e. The summed E-state index contributed by atoms with van der Waals surface area (Å²) in [5, 5.41) is 0. The second-order valence-corrected chi connectivity index (χ2v) is 4.91. The van der Waals surface area contributed by atoms with Crippen molar-refractivity contribution in [1.82, 2.24) is 4.98 Å². The van der Waals surface area contributed by atoms with Crippen LogP contribution in [0.25, 0.3) is 0 Å². The average molecular weight is 244 g/mol. The SMILES string of the molecule is Cc1cc(C(OS(C)(=O)=O)C(N)=O)ccn1. The first-order valence-electron chi connectivity index (χ1n) is 4.40. The molecule has 0 aliphatic carbocycles. The molecule has 7 heteroatoms. The second-order valence-electron chi connectivity index (χ2n) is 3.31. The van der Waals surface area contributed by atoms with Crippen molar-refractivity contribution in [3.8, 4) is 0 Å². The molecule has 1 unspecified atom stereocenters. The number of primary amides is 1. The fraction of sp³-hybridized carbons (Fsp3) is 0.333. The maximum absolute atomic E-state index is 11.1. The lowest BCUT2D eigenvalue weighted by Gasteiger charge is -2.13. The van der Waals surface area contributed by atoms with Gasteiger partial charge in [-0.05, 0) is 24.6 Å². The van der Waals surface area contributed by atoms with Gasteiger partial charge in [0.05, 0.1) is 6.26 Å². The third-order valence-electron chi connectivity index (χ3n) is 1.75. The Morgan fingerprint density at radius 2 is 2.19 bits per heavy atom. The van der Waals surface area contributed by atoms with Gasteiger partial charge in [0.2, 0.25) is 0 Å². The zero-order chi connectivity index (χ0) is 12.3. The molecule has 1 amide bonds. The summed E-state index contributed by atoms with van der Waals surface area (Å²) in [6, 6.07) is 3.02. The van der Waals surface area contributed by atoms with Crippen molar-refractivity contribution >= 4 is 16.0 Å². The van der Waals surface area contributed by atoms with Crippen LogP contribution in [-0.4, -0.2) is 25.6 Å². The molecule has 0 saturated carbocycles. The Bertz CT molecular complexity index is 498. The number of aryl methyl sites for hydroxylation is 1. The third-order valence-corrected chi connectivity index (χ3v) is 2.29. The van der Waals surface area contributed by atoms with Gasteiger partial charge in [-0.2, -0.15) is 8.42 Å². The monoisotopic (exact) mass is 244 g/mol. The molecule has 16 heavy (non-hydrogen) atoms. The average Bonchev–Trinajstić information content (AvgIpc) is 2.12. The summed E-state index contributed by atoms with van der Waals surface area (Å²) in [5.41, 5.74) is 6.08. The van der Waals surface area contributed by atoms with Crippen molar-refractivity contribution in [2.24, 2.45) is 5.73 Å². The maximum atomic E-state index is 11.1. The summed E-state index contributed by atoms with van der Waals surface area (Å²) in [6.07, 6.45) is 1.00. The lowest BCUT2D eigenvalue weighted by Crippen LogP contribution is -2.26. The highest BCUT2D eigenvalue weighted by Crippen LogP contribution is 2.19. The minimum atomic E-state index is -3.75. The molecular formula is C9H12N2O4S. The fourth-order valence-corrected chi connectivity index (χ4v) is 1.73. The van der Waals surface area contributed by atoms with Crippen LogP contribution in [0.2, 0.25) is 0 Å². The number of amides is 1. The van der Waals surface area contributed by atoms with Gasteiger partial charge < -0.3 is 5.73 Å². The molecule has 0 aromatic carbocycles. The van der Waals surface area contributed by atoms with E-state index in [1.54, 1.807) is 13.0 Å². The number of rotatable bonds is 4. The van der Waals surface area contributed by atoms with E-state index in [1.807, 2.05) is 0 Å². The number of carbonyl (C=O) groups is 1. The van der Waals surface area contributed by atoms with Gasteiger partial charge in [-0.25, -0.2) is 0 Å². The van der Waals surface area contributed by atoms with Gasteiger partial charge in [-0.15, -0.1) is 0 Å². The Hall–Kier alpha value is -1.47.